The molecule has 0 aliphatic carbocycles. The zero-order valence-corrected chi connectivity index (χ0v) is 14.2. The van der Waals surface area contributed by atoms with Crippen LogP contribution in [0.3, 0.4) is 0 Å². The van der Waals surface area contributed by atoms with Gasteiger partial charge >= 0.3 is 0 Å². The number of carbonyl (C=O) groups is 1. The number of halogens is 1. The highest BCUT2D eigenvalue weighted by Crippen LogP contribution is 2.36. The first kappa shape index (κ1) is 17.3. The first-order valence-corrected chi connectivity index (χ1v) is 8.42. The van der Waals surface area contributed by atoms with Crippen LogP contribution in [0.5, 0.6) is 0 Å². The summed E-state index contributed by atoms with van der Waals surface area (Å²) >= 11 is 0. The van der Waals surface area contributed by atoms with Crippen LogP contribution in [0.15, 0.2) is 30.5 Å². The third kappa shape index (κ3) is 3.76. The molecule has 25 heavy (non-hydrogen) atoms. The second-order valence-corrected chi connectivity index (χ2v) is 6.17. The lowest BCUT2D eigenvalue weighted by Crippen LogP contribution is -2.43. The number of likely N-dealkylation sites (tertiary alicyclic amines) is 1. The van der Waals surface area contributed by atoms with E-state index in [0.29, 0.717) is 23.4 Å². The molecule has 1 atom stereocenters. The van der Waals surface area contributed by atoms with Crippen molar-refractivity contribution < 1.29 is 9.18 Å². The van der Waals surface area contributed by atoms with Gasteiger partial charge in [-0.25, -0.2) is 14.4 Å². The molecule has 0 spiro atoms. The molecule has 2 heterocycles. The Morgan fingerprint density at radius 1 is 1.44 bits per heavy atom. The average molecular weight is 343 g/mol. The SMILES string of the molecule is CNCC(=O)N1CCCCC1c1nc(N)ncc1-c1cccc(F)c1. The fourth-order valence-corrected chi connectivity index (χ4v) is 3.31. The molecule has 1 aliphatic rings. The number of likely N-dealkylation sites (N-methyl/N-ethyl adjacent to an activating group) is 1. The number of nitrogens with zero attached hydrogens (tertiary/aromatic N) is 3. The number of carbonyl (C=O) groups excluding carboxylic acids is 1. The molecule has 1 amide bonds. The Labute approximate surface area is 146 Å². The van der Waals surface area contributed by atoms with Crippen molar-refractivity contribution in [1.29, 1.82) is 0 Å². The van der Waals surface area contributed by atoms with Crippen LogP contribution in [0.2, 0.25) is 0 Å². The number of benzene rings is 1. The molecule has 1 saturated heterocycles. The molecular formula is C18H22FN5O. The van der Waals surface area contributed by atoms with Gasteiger partial charge in [0, 0.05) is 18.3 Å². The molecular weight excluding hydrogens is 321 g/mol. The monoisotopic (exact) mass is 343 g/mol. The fraction of sp³-hybridized carbons (Fsp3) is 0.389. The zero-order chi connectivity index (χ0) is 17.8. The Bertz CT molecular complexity index is 767. The number of hydrogen-bond donors (Lipinski definition) is 2. The van der Waals surface area contributed by atoms with E-state index in [2.05, 4.69) is 15.3 Å². The second-order valence-electron chi connectivity index (χ2n) is 6.17. The largest absolute Gasteiger partial charge is 0.368 e. The normalized spacial score (nSPS) is 17.5. The predicted octanol–water partition coefficient (Wildman–Crippen LogP) is 2.14. The van der Waals surface area contributed by atoms with Crippen molar-refractivity contribution in [2.75, 3.05) is 25.9 Å². The molecule has 1 aromatic heterocycles. The van der Waals surface area contributed by atoms with Crippen molar-refractivity contribution in [2.45, 2.75) is 25.3 Å². The van der Waals surface area contributed by atoms with Gasteiger partial charge in [0.1, 0.15) is 5.82 Å². The molecule has 132 valence electrons. The van der Waals surface area contributed by atoms with Gasteiger partial charge in [-0.15, -0.1) is 0 Å². The van der Waals surface area contributed by atoms with E-state index in [4.69, 9.17) is 5.73 Å². The number of hydrogen-bond acceptors (Lipinski definition) is 5. The van der Waals surface area contributed by atoms with Crippen LogP contribution in [0.25, 0.3) is 11.1 Å². The summed E-state index contributed by atoms with van der Waals surface area (Å²) in [5, 5.41) is 2.90. The van der Waals surface area contributed by atoms with Gasteiger partial charge in [-0.2, -0.15) is 0 Å². The summed E-state index contributed by atoms with van der Waals surface area (Å²) in [5.41, 5.74) is 7.89. The lowest BCUT2D eigenvalue weighted by molar-refractivity contribution is -0.134. The summed E-state index contributed by atoms with van der Waals surface area (Å²) in [6.07, 6.45) is 4.37. The van der Waals surface area contributed by atoms with Crippen LogP contribution in [0.4, 0.5) is 10.3 Å². The van der Waals surface area contributed by atoms with E-state index in [1.165, 1.54) is 12.1 Å². The van der Waals surface area contributed by atoms with E-state index in [-0.39, 0.29) is 30.3 Å². The maximum absolute atomic E-state index is 13.7. The molecule has 0 saturated carbocycles. The molecule has 7 heteroatoms. The average Bonchev–Trinajstić information content (AvgIpc) is 2.62. The minimum Gasteiger partial charge on any atom is -0.368 e. The summed E-state index contributed by atoms with van der Waals surface area (Å²) in [6, 6.07) is 6.11. The number of nitrogens with one attached hydrogen (secondary N) is 1. The first-order valence-electron chi connectivity index (χ1n) is 8.42. The fourth-order valence-electron chi connectivity index (χ4n) is 3.31. The van der Waals surface area contributed by atoms with Gasteiger partial charge in [0.2, 0.25) is 11.9 Å². The first-order chi connectivity index (χ1) is 12.1. The van der Waals surface area contributed by atoms with Crippen molar-refractivity contribution in [1.82, 2.24) is 20.2 Å². The third-order valence-corrected chi connectivity index (χ3v) is 4.44. The summed E-state index contributed by atoms with van der Waals surface area (Å²) in [5.74, 6) is -0.150. The number of piperidine rings is 1. The Balaban J connectivity index is 2.05. The molecule has 3 N–H and O–H groups in total. The van der Waals surface area contributed by atoms with Crippen molar-refractivity contribution in [3.05, 3.63) is 42.0 Å². The maximum atomic E-state index is 13.7. The van der Waals surface area contributed by atoms with Crippen molar-refractivity contribution in [3.8, 4) is 11.1 Å². The highest BCUT2D eigenvalue weighted by Gasteiger charge is 2.31. The Kier molecular flexibility index (Phi) is 5.23. The Morgan fingerprint density at radius 2 is 2.28 bits per heavy atom. The molecule has 6 nitrogen and oxygen atoms in total. The number of amides is 1. The van der Waals surface area contributed by atoms with E-state index < -0.39 is 0 Å². The molecule has 0 radical (unpaired) electrons. The lowest BCUT2D eigenvalue weighted by Gasteiger charge is -2.36. The summed E-state index contributed by atoms with van der Waals surface area (Å²) < 4.78 is 13.7. The standard InChI is InChI=1S/C18H22FN5O/c1-21-11-16(25)24-8-3-2-7-15(24)17-14(10-22-18(20)23-17)12-5-4-6-13(19)9-12/h4-6,9-10,15,21H,2-3,7-8,11H2,1H3,(H2,20,22,23). The van der Waals surface area contributed by atoms with Gasteiger partial charge in [0.05, 0.1) is 18.3 Å². The van der Waals surface area contributed by atoms with Crippen LogP contribution in [0, 0.1) is 5.82 Å². The zero-order valence-electron chi connectivity index (χ0n) is 14.2. The summed E-state index contributed by atoms with van der Waals surface area (Å²) in [6.45, 7) is 0.948. The maximum Gasteiger partial charge on any atom is 0.237 e. The summed E-state index contributed by atoms with van der Waals surface area (Å²) in [4.78, 5) is 22.8. The lowest BCUT2D eigenvalue weighted by atomic mass is 9.93. The van der Waals surface area contributed by atoms with Gasteiger partial charge in [-0.1, -0.05) is 12.1 Å². The number of anilines is 1. The molecule has 1 unspecified atom stereocenters. The van der Waals surface area contributed by atoms with Crippen LogP contribution >= 0.6 is 0 Å². The van der Waals surface area contributed by atoms with Gasteiger partial charge in [-0.05, 0) is 44.0 Å². The minimum atomic E-state index is -0.327. The van der Waals surface area contributed by atoms with E-state index in [1.807, 2.05) is 11.0 Å². The van der Waals surface area contributed by atoms with E-state index in [1.54, 1.807) is 19.3 Å². The smallest absolute Gasteiger partial charge is 0.237 e. The highest BCUT2D eigenvalue weighted by molar-refractivity contribution is 5.79. The summed E-state index contributed by atoms with van der Waals surface area (Å²) in [7, 11) is 1.75. The van der Waals surface area contributed by atoms with Gasteiger partial charge in [-0.3, -0.25) is 4.79 Å². The van der Waals surface area contributed by atoms with Crippen molar-refractivity contribution in [2.24, 2.45) is 0 Å². The number of nitrogen functional groups attached to an aromatic ring is 1. The van der Waals surface area contributed by atoms with E-state index in [0.717, 1.165) is 19.3 Å². The van der Waals surface area contributed by atoms with E-state index >= 15 is 0 Å². The van der Waals surface area contributed by atoms with Gasteiger partial charge in [0.15, 0.2) is 0 Å². The highest BCUT2D eigenvalue weighted by atomic mass is 19.1. The van der Waals surface area contributed by atoms with E-state index in [9.17, 15) is 9.18 Å². The van der Waals surface area contributed by atoms with Crippen LogP contribution in [0.1, 0.15) is 31.0 Å². The predicted molar refractivity (Wildman–Crippen MR) is 94.1 cm³/mol. The van der Waals surface area contributed by atoms with Gasteiger partial charge in [0.25, 0.3) is 0 Å². The second kappa shape index (κ2) is 7.57. The van der Waals surface area contributed by atoms with Gasteiger partial charge < -0.3 is 16.0 Å². The van der Waals surface area contributed by atoms with Crippen LogP contribution in [-0.2, 0) is 4.79 Å². The van der Waals surface area contributed by atoms with Crippen molar-refractivity contribution in [3.63, 3.8) is 0 Å². The number of nitrogens with two attached hydrogens (primary N) is 1. The molecule has 1 aromatic carbocycles. The van der Waals surface area contributed by atoms with Crippen LogP contribution < -0.4 is 11.1 Å². The number of aromatic nitrogens is 2. The molecule has 2 aromatic rings. The topological polar surface area (TPSA) is 84.1 Å². The quantitative estimate of drug-likeness (QED) is 0.888. The molecule has 1 fully saturated rings. The Hall–Kier alpha value is -2.54. The third-order valence-electron chi connectivity index (χ3n) is 4.44. The minimum absolute atomic E-state index is 0.0228. The number of rotatable bonds is 4. The Morgan fingerprint density at radius 3 is 3.04 bits per heavy atom. The molecule has 1 aliphatic heterocycles. The molecule has 3 rings (SSSR count). The molecule has 0 bridgehead atoms. The van der Waals surface area contributed by atoms with Crippen LogP contribution in [-0.4, -0.2) is 40.9 Å². The van der Waals surface area contributed by atoms with Crippen molar-refractivity contribution >= 4 is 11.9 Å².